The molecular formula is C19H19N3O2. The fourth-order valence-corrected chi connectivity index (χ4v) is 3.23. The van der Waals surface area contributed by atoms with Crippen LogP contribution >= 0.6 is 0 Å². The zero-order valence-corrected chi connectivity index (χ0v) is 13.6. The molecule has 0 atom stereocenters. The summed E-state index contributed by atoms with van der Waals surface area (Å²) in [6.45, 7) is 4.52. The molecule has 0 amide bonds. The average Bonchev–Trinajstić information content (AvgIpc) is 3.09. The molecule has 0 fully saturated rings. The smallest absolute Gasteiger partial charge is 0.254 e. The Bertz CT molecular complexity index is 913. The number of nitrogens with zero attached hydrogens (tertiary/aromatic N) is 2. The summed E-state index contributed by atoms with van der Waals surface area (Å²) < 4.78 is 5.35. The number of aryl methyl sites for hydroxylation is 1. The van der Waals surface area contributed by atoms with Crippen LogP contribution in [0.15, 0.2) is 51.9 Å². The quantitative estimate of drug-likeness (QED) is 0.806. The predicted molar refractivity (Wildman–Crippen MR) is 91.6 cm³/mol. The lowest BCUT2D eigenvalue weighted by Crippen LogP contribution is -2.35. The number of hydrogen-bond acceptors (Lipinski definition) is 4. The lowest BCUT2D eigenvalue weighted by atomic mass is 10.0. The Labute approximate surface area is 140 Å². The molecule has 0 unspecified atom stereocenters. The van der Waals surface area contributed by atoms with Crippen molar-refractivity contribution in [3.8, 4) is 11.6 Å². The summed E-state index contributed by atoms with van der Waals surface area (Å²) in [6.07, 6.45) is 2.31. The van der Waals surface area contributed by atoms with Crippen LogP contribution in [0.3, 0.4) is 0 Å². The first-order valence-electron chi connectivity index (χ1n) is 8.13. The van der Waals surface area contributed by atoms with E-state index in [0.29, 0.717) is 18.1 Å². The molecule has 1 aromatic carbocycles. The predicted octanol–water partition coefficient (Wildman–Crippen LogP) is 2.90. The van der Waals surface area contributed by atoms with E-state index in [9.17, 15) is 4.79 Å². The summed E-state index contributed by atoms with van der Waals surface area (Å²) in [7, 11) is 0. The molecule has 0 radical (unpaired) electrons. The molecule has 3 heterocycles. The molecular weight excluding hydrogens is 302 g/mol. The first-order valence-corrected chi connectivity index (χ1v) is 8.13. The molecule has 1 aliphatic rings. The van der Waals surface area contributed by atoms with Crippen LogP contribution in [-0.4, -0.2) is 21.4 Å². The van der Waals surface area contributed by atoms with Crippen molar-refractivity contribution in [2.45, 2.75) is 26.4 Å². The van der Waals surface area contributed by atoms with Crippen molar-refractivity contribution < 1.29 is 4.42 Å². The summed E-state index contributed by atoms with van der Waals surface area (Å²) in [5.74, 6) is 1.09. The average molecular weight is 321 g/mol. The molecule has 4 rings (SSSR count). The number of nitrogens with one attached hydrogen (secondary N) is 1. The van der Waals surface area contributed by atoms with Crippen molar-refractivity contribution in [3.05, 3.63) is 75.4 Å². The van der Waals surface area contributed by atoms with E-state index in [0.717, 1.165) is 30.8 Å². The minimum absolute atomic E-state index is 0.0541. The van der Waals surface area contributed by atoms with E-state index in [1.165, 1.54) is 11.1 Å². The molecule has 5 heteroatoms. The lowest BCUT2D eigenvalue weighted by molar-refractivity contribution is 0.240. The minimum atomic E-state index is -0.0541. The van der Waals surface area contributed by atoms with Gasteiger partial charge in [-0.25, -0.2) is 4.98 Å². The highest BCUT2D eigenvalue weighted by molar-refractivity contribution is 5.47. The van der Waals surface area contributed by atoms with Gasteiger partial charge in [0, 0.05) is 25.2 Å². The molecule has 0 spiro atoms. The Balaban J connectivity index is 1.61. The Morgan fingerprint density at radius 3 is 3.00 bits per heavy atom. The molecule has 0 bridgehead atoms. The number of aromatic amines is 1. The number of benzene rings is 1. The van der Waals surface area contributed by atoms with Gasteiger partial charge < -0.3 is 9.40 Å². The maximum Gasteiger partial charge on any atom is 0.254 e. The van der Waals surface area contributed by atoms with E-state index in [1.54, 1.807) is 18.4 Å². The molecule has 2 aromatic heterocycles. The number of furan rings is 1. The van der Waals surface area contributed by atoms with Crippen molar-refractivity contribution in [1.82, 2.24) is 14.9 Å². The van der Waals surface area contributed by atoms with E-state index in [4.69, 9.17) is 4.42 Å². The van der Waals surface area contributed by atoms with Crippen LogP contribution in [0.25, 0.3) is 11.6 Å². The van der Waals surface area contributed by atoms with Crippen molar-refractivity contribution in [2.75, 3.05) is 6.54 Å². The Hall–Kier alpha value is -2.66. The number of hydrogen-bond donors (Lipinski definition) is 1. The third kappa shape index (κ3) is 2.90. The molecule has 1 N–H and O–H groups in total. The van der Waals surface area contributed by atoms with Gasteiger partial charge in [-0.1, -0.05) is 29.8 Å². The van der Waals surface area contributed by atoms with Crippen LogP contribution in [-0.2, 0) is 19.5 Å². The Kier molecular flexibility index (Phi) is 3.78. The molecule has 122 valence electrons. The van der Waals surface area contributed by atoms with Crippen molar-refractivity contribution in [1.29, 1.82) is 0 Å². The van der Waals surface area contributed by atoms with Gasteiger partial charge in [-0.15, -0.1) is 0 Å². The highest BCUT2D eigenvalue weighted by Crippen LogP contribution is 2.20. The van der Waals surface area contributed by atoms with Crippen LogP contribution in [0.4, 0.5) is 0 Å². The fraction of sp³-hybridized carbons (Fsp3) is 0.263. The van der Waals surface area contributed by atoms with Gasteiger partial charge in [-0.3, -0.25) is 9.69 Å². The van der Waals surface area contributed by atoms with Gasteiger partial charge in [0.05, 0.1) is 12.0 Å². The molecule has 1 aliphatic heterocycles. The second kappa shape index (κ2) is 6.09. The number of fused-ring (bicyclic) bond motifs is 1. The number of H-pyrrole nitrogens is 1. The summed E-state index contributed by atoms with van der Waals surface area (Å²) in [4.78, 5) is 22.1. The van der Waals surface area contributed by atoms with Gasteiger partial charge in [0.15, 0.2) is 11.6 Å². The Morgan fingerprint density at radius 2 is 2.21 bits per heavy atom. The second-order valence-electron chi connectivity index (χ2n) is 6.27. The topological polar surface area (TPSA) is 62.1 Å². The van der Waals surface area contributed by atoms with Crippen LogP contribution in [0, 0.1) is 6.92 Å². The lowest BCUT2D eigenvalue weighted by Gasteiger charge is -2.27. The highest BCUT2D eigenvalue weighted by atomic mass is 16.3. The summed E-state index contributed by atoms with van der Waals surface area (Å²) >= 11 is 0. The molecule has 24 heavy (non-hydrogen) atoms. The SMILES string of the molecule is Cc1cccc(CN2CCc3c(nc(-c4ccco4)[nH]c3=O)C2)c1. The van der Waals surface area contributed by atoms with E-state index < -0.39 is 0 Å². The number of aromatic nitrogens is 2. The largest absolute Gasteiger partial charge is 0.461 e. The first kappa shape index (κ1) is 14.9. The van der Waals surface area contributed by atoms with Gasteiger partial charge in [0.2, 0.25) is 0 Å². The van der Waals surface area contributed by atoms with Crippen LogP contribution in [0.2, 0.25) is 0 Å². The summed E-state index contributed by atoms with van der Waals surface area (Å²) in [5.41, 5.74) is 4.14. The van der Waals surface area contributed by atoms with Crippen LogP contribution < -0.4 is 5.56 Å². The van der Waals surface area contributed by atoms with Crippen molar-refractivity contribution in [2.24, 2.45) is 0 Å². The maximum absolute atomic E-state index is 12.3. The standard InChI is InChI=1S/C19H19N3O2/c1-13-4-2-5-14(10-13)11-22-8-7-15-16(12-22)20-18(21-19(15)23)17-6-3-9-24-17/h2-6,9-10H,7-8,11-12H2,1H3,(H,20,21,23). The third-order valence-electron chi connectivity index (χ3n) is 4.40. The number of rotatable bonds is 3. The molecule has 0 aliphatic carbocycles. The first-order chi connectivity index (χ1) is 11.7. The van der Waals surface area contributed by atoms with E-state index in [2.05, 4.69) is 46.1 Å². The van der Waals surface area contributed by atoms with Gasteiger partial charge >= 0.3 is 0 Å². The molecule has 5 nitrogen and oxygen atoms in total. The van der Waals surface area contributed by atoms with Crippen LogP contribution in [0.1, 0.15) is 22.4 Å². The van der Waals surface area contributed by atoms with Gasteiger partial charge in [-0.05, 0) is 31.0 Å². The monoisotopic (exact) mass is 321 g/mol. The second-order valence-corrected chi connectivity index (χ2v) is 6.27. The zero-order valence-electron chi connectivity index (χ0n) is 13.6. The normalized spacial score (nSPS) is 14.5. The van der Waals surface area contributed by atoms with E-state index in [-0.39, 0.29) is 5.56 Å². The Morgan fingerprint density at radius 1 is 1.29 bits per heavy atom. The highest BCUT2D eigenvalue weighted by Gasteiger charge is 2.22. The van der Waals surface area contributed by atoms with Crippen LogP contribution in [0.5, 0.6) is 0 Å². The minimum Gasteiger partial charge on any atom is -0.461 e. The van der Waals surface area contributed by atoms with E-state index >= 15 is 0 Å². The zero-order chi connectivity index (χ0) is 16.5. The summed E-state index contributed by atoms with van der Waals surface area (Å²) in [5, 5.41) is 0. The third-order valence-corrected chi connectivity index (χ3v) is 4.40. The van der Waals surface area contributed by atoms with Gasteiger partial charge in [0.25, 0.3) is 5.56 Å². The van der Waals surface area contributed by atoms with E-state index in [1.807, 2.05) is 0 Å². The van der Waals surface area contributed by atoms with Crippen molar-refractivity contribution in [3.63, 3.8) is 0 Å². The molecule has 0 saturated carbocycles. The van der Waals surface area contributed by atoms with Gasteiger partial charge in [0.1, 0.15) is 0 Å². The summed E-state index contributed by atoms with van der Waals surface area (Å²) in [6, 6.07) is 12.1. The van der Waals surface area contributed by atoms with Crippen molar-refractivity contribution >= 4 is 0 Å². The maximum atomic E-state index is 12.3. The molecule has 0 saturated heterocycles. The van der Waals surface area contributed by atoms with Gasteiger partial charge in [-0.2, -0.15) is 0 Å². The molecule has 3 aromatic rings. The fourth-order valence-electron chi connectivity index (χ4n) is 3.23.